The van der Waals surface area contributed by atoms with Crippen molar-refractivity contribution in [2.75, 3.05) is 0 Å². The molecule has 0 N–H and O–H groups in total. The van der Waals surface area contributed by atoms with Gasteiger partial charge in [-0.15, -0.1) is 0 Å². The Morgan fingerprint density at radius 1 is 0.386 bits per heavy atom. The monoisotopic (exact) mass is 580 g/mol. The van der Waals surface area contributed by atoms with Crippen molar-refractivity contribution in [2.24, 2.45) is 0 Å². The van der Waals surface area contributed by atoms with Gasteiger partial charge in [-0.3, -0.25) is 0 Å². The van der Waals surface area contributed by atoms with Gasteiger partial charge < -0.3 is 9.13 Å². The number of fused-ring (bicyclic) bond motifs is 6. The Kier molecular flexibility index (Phi) is 2.70. The summed E-state index contributed by atoms with van der Waals surface area (Å²) in [5.74, 6) is 0. The van der Waals surface area contributed by atoms with Gasteiger partial charge in [-0.2, -0.15) is 0 Å². The Labute approximate surface area is 283 Å². The lowest BCUT2D eigenvalue weighted by atomic mass is 9.99. The highest BCUT2D eigenvalue weighted by Crippen LogP contribution is 2.40. The van der Waals surface area contributed by atoms with Gasteiger partial charge >= 0.3 is 0 Å². The molecule has 0 spiro atoms. The van der Waals surface area contributed by atoms with Gasteiger partial charge in [0.05, 0.1) is 49.5 Å². The topological polar surface area (TPSA) is 9.86 Å². The molecule has 9 aromatic rings. The second-order valence-corrected chi connectivity index (χ2v) is 9.82. The van der Waals surface area contributed by atoms with E-state index in [1.165, 1.54) is 41.0 Å². The van der Waals surface area contributed by atoms with Crippen LogP contribution in [0.3, 0.4) is 0 Å². The van der Waals surface area contributed by atoms with Gasteiger partial charge in [0.1, 0.15) is 0 Å². The van der Waals surface area contributed by atoms with Crippen molar-refractivity contribution in [3.63, 3.8) is 0 Å². The molecular weight excluding hydrogens is 532 g/mol. The largest absolute Gasteiger partial charge is 0.309 e. The van der Waals surface area contributed by atoms with Gasteiger partial charge in [-0.05, 0) is 65.1 Å². The highest BCUT2D eigenvalue weighted by molar-refractivity contribution is 6.15. The van der Waals surface area contributed by atoms with Crippen LogP contribution in [-0.2, 0) is 0 Å². The molecule has 2 heteroatoms. The SMILES string of the molecule is [2H]c1ccc(-c2ccc(-n3c4c([2H])c([2H])c([2H])c([2H])c4c4c([2H])c([2H])c([2H])c(-c5c([2H])c([2H])c6c(c5[2H])c5c([2H])c([2H])c([2H])c([2H])c5n6-c5c([2H])cc([2H])cc5[2H])c43)cc2[2H])c([2H])c1. The summed E-state index contributed by atoms with van der Waals surface area (Å²) in [5, 5.41) is -1.27. The van der Waals surface area contributed by atoms with E-state index in [0.29, 0.717) is 5.56 Å². The number of nitrogens with zero attached hydrogens (tertiary/aromatic N) is 2. The molecule has 2 nitrogen and oxygen atoms in total. The first kappa shape index (κ1) is 12.0. The Hall–Kier alpha value is -5.86. The first-order chi connectivity index (χ1) is 30.1. The fourth-order valence-corrected chi connectivity index (χ4v) is 5.54. The third kappa shape index (κ3) is 3.75. The first-order valence-corrected chi connectivity index (χ1v) is 13.5. The average molecular weight is 581 g/mol. The molecule has 0 bridgehead atoms. The maximum Gasteiger partial charge on any atom is 0.0645 e. The average Bonchev–Trinajstić information content (AvgIpc) is 3.78. The molecule has 44 heavy (non-hydrogen) atoms. The summed E-state index contributed by atoms with van der Waals surface area (Å²) in [6, 6.07) is -0.541. The zero-order valence-electron chi connectivity index (χ0n) is 42.5. The van der Waals surface area contributed by atoms with Crippen molar-refractivity contribution < 1.29 is 27.4 Å². The van der Waals surface area contributed by atoms with E-state index < -0.39 is 108 Å². The van der Waals surface area contributed by atoms with E-state index in [2.05, 4.69) is 0 Å². The van der Waals surface area contributed by atoms with Crippen molar-refractivity contribution in [3.8, 4) is 33.6 Å². The minimum Gasteiger partial charge on any atom is -0.309 e. The molecule has 0 unspecified atom stereocenters. The lowest BCUT2D eigenvalue weighted by molar-refractivity contribution is 1.18. The Morgan fingerprint density at radius 2 is 1.07 bits per heavy atom. The maximum atomic E-state index is 9.87. The molecule has 0 saturated carbocycles. The molecule has 9 rings (SSSR count). The van der Waals surface area contributed by atoms with Gasteiger partial charge in [0.25, 0.3) is 0 Å². The number of hydrogen-bond acceptors (Lipinski definition) is 0. The van der Waals surface area contributed by atoms with E-state index >= 15 is 0 Å². The van der Waals surface area contributed by atoms with E-state index in [-0.39, 0.29) is 84.7 Å². The van der Waals surface area contributed by atoms with Gasteiger partial charge in [-0.1, -0.05) is 121 Å². The highest BCUT2D eigenvalue weighted by atomic mass is 15.0. The van der Waals surface area contributed by atoms with E-state index in [9.17, 15) is 6.85 Å². The normalized spacial score (nSPS) is 18.0. The Balaban J connectivity index is 1.52. The van der Waals surface area contributed by atoms with Crippen LogP contribution in [0.25, 0.3) is 77.2 Å². The van der Waals surface area contributed by atoms with Crippen molar-refractivity contribution in [1.82, 2.24) is 9.13 Å². The molecule has 206 valence electrons. The van der Waals surface area contributed by atoms with Gasteiger partial charge in [0.2, 0.25) is 0 Å². The molecule has 0 aliphatic heterocycles. The molecule has 7 aromatic carbocycles. The maximum absolute atomic E-state index is 9.87. The molecule has 0 aliphatic carbocycles. The molecule has 0 atom stereocenters. The summed E-state index contributed by atoms with van der Waals surface area (Å²) in [4.78, 5) is 0. The number of hydrogen-bond donors (Lipinski definition) is 0. The zero-order valence-corrected chi connectivity index (χ0v) is 22.5. The molecule has 0 radical (unpaired) electrons. The lowest BCUT2D eigenvalue weighted by Crippen LogP contribution is -1.96. The Morgan fingerprint density at radius 3 is 1.89 bits per heavy atom. The third-order valence-corrected chi connectivity index (χ3v) is 7.43. The van der Waals surface area contributed by atoms with Crippen molar-refractivity contribution in [2.45, 2.75) is 0 Å². The van der Waals surface area contributed by atoms with Crippen LogP contribution in [0.2, 0.25) is 0 Å². The number of rotatable bonds is 4. The van der Waals surface area contributed by atoms with Crippen molar-refractivity contribution in [3.05, 3.63) is 169 Å². The number of benzene rings is 7. The highest BCUT2D eigenvalue weighted by Gasteiger charge is 2.18. The standard InChI is InChI=1S/C42H28N2/c1-3-12-29(13-4-1)30-22-25-33(26-23-30)44-40-21-10-7-16-35(40)37-19-11-18-34(42(37)44)31-24-27-41-38(28-31)36-17-8-9-20-39(36)43(41)32-14-5-2-6-15-32/h1-28H/i1D,2D,7D,8D,9D,10D,11D,12D,14D,15D,16D,17D,18D,19D,20D,21D,22D,24D,27D,28D. The summed E-state index contributed by atoms with van der Waals surface area (Å²) in [5.41, 5.74) is -2.02. The van der Waals surface area contributed by atoms with Gasteiger partial charge in [0.15, 0.2) is 0 Å². The molecular formula is C42H28N2. The molecule has 0 aliphatic rings. The van der Waals surface area contributed by atoms with Crippen LogP contribution < -0.4 is 0 Å². The minimum atomic E-state index is -0.799. The van der Waals surface area contributed by atoms with Crippen molar-refractivity contribution in [1.29, 1.82) is 0 Å². The summed E-state index contributed by atoms with van der Waals surface area (Å²) in [6.07, 6.45) is 0. The van der Waals surface area contributed by atoms with Crippen LogP contribution in [0.1, 0.15) is 27.4 Å². The second kappa shape index (κ2) is 9.86. The van der Waals surface area contributed by atoms with Gasteiger partial charge in [-0.25, -0.2) is 0 Å². The smallest absolute Gasteiger partial charge is 0.0645 e. The molecule has 2 aromatic heterocycles. The molecule has 0 amide bonds. The summed E-state index contributed by atoms with van der Waals surface area (Å²) >= 11 is 0. The van der Waals surface area contributed by atoms with E-state index in [0.717, 1.165) is 16.7 Å². The number of aromatic nitrogens is 2. The van der Waals surface area contributed by atoms with E-state index in [1.54, 1.807) is 0 Å². The summed E-state index contributed by atoms with van der Waals surface area (Å²) in [7, 11) is 0. The van der Waals surface area contributed by atoms with E-state index in [1.807, 2.05) is 0 Å². The Bertz CT molecular complexity index is 3600. The van der Waals surface area contributed by atoms with Crippen LogP contribution in [0.15, 0.2) is 169 Å². The van der Waals surface area contributed by atoms with Crippen LogP contribution in [0.4, 0.5) is 0 Å². The summed E-state index contributed by atoms with van der Waals surface area (Å²) < 4.78 is 181. The molecule has 2 heterocycles. The third-order valence-electron chi connectivity index (χ3n) is 7.43. The second-order valence-electron chi connectivity index (χ2n) is 9.82. The molecule has 0 saturated heterocycles. The van der Waals surface area contributed by atoms with Crippen molar-refractivity contribution >= 4 is 43.6 Å². The van der Waals surface area contributed by atoms with Crippen LogP contribution in [-0.4, -0.2) is 9.13 Å². The first-order valence-electron chi connectivity index (χ1n) is 23.5. The fourth-order valence-electron chi connectivity index (χ4n) is 5.54. The summed E-state index contributed by atoms with van der Waals surface area (Å²) in [6.45, 7) is 0. The lowest BCUT2D eigenvalue weighted by Gasteiger charge is -2.13. The predicted octanol–water partition coefficient (Wildman–Crippen LogP) is 11.2. The van der Waals surface area contributed by atoms with E-state index in [4.69, 9.17) is 20.6 Å². The fraction of sp³-hybridized carbons (Fsp3) is 0. The molecule has 0 fully saturated rings. The van der Waals surface area contributed by atoms with Crippen LogP contribution >= 0.6 is 0 Å². The number of para-hydroxylation sites is 4. The quantitative estimate of drug-likeness (QED) is 0.196. The zero-order chi connectivity index (χ0) is 46.4. The van der Waals surface area contributed by atoms with Crippen LogP contribution in [0, 0.1) is 0 Å². The minimum absolute atomic E-state index is 0.0277. The predicted molar refractivity (Wildman–Crippen MR) is 186 cm³/mol. The van der Waals surface area contributed by atoms with Crippen LogP contribution in [0.5, 0.6) is 0 Å². The van der Waals surface area contributed by atoms with Gasteiger partial charge in [0, 0.05) is 38.5 Å².